The third kappa shape index (κ3) is 2.63. The number of benzene rings is 1. The fraction of sp³-hybridized carbons (Fsp3) is 0.600. The number of phenolic OH excluding ortho intramolecular Hbond substituents is 1. The number of aromatic hydroxyl groups is 1. The first-order valence-corrected chi connectivity index (χ1v) is 6.64. The van der Waals surface area contributed by atoms with Gasteiger partial charge in [0, 0.05) is 18.5 Å². The summed E-state index contributed by atoms with van der Waals surface area (Å²) in [4.78, 5) is 2.36. The summed E-state index contributed by atoms with van der Waals surface area (Å²) >= 11 is 0. The Bertz CT molecular complexity index is 369. The molecule has 1 fully saturated rings. The van der Waals surface area contributed by atoms with Gasteiger partial charge in [0.1, 0.15) is 5.75 Å². The molecule has 0 aliphatic carbocycles. The maximum Gasteiger partial charge on any atom is 0.115 e. The third-order valence-corrected chi connectivity index (χ3v) is 3.86. The number of hydrogen-bond acceptors (Lipinski definition) is 2. The molecule has 0 atom stereocenters. The normalized spacial score (nSPS) is 18.9. The molecular weight excluding hydrogens is 210 g/mol. The van der Waals surface area contributed by atoms with Gasteiger partial charge in [0.2, 0.25) is 0 Å². The Morgan fingerprint density at radius 3 is 2.65 bits per heavy atom. The van der Waals surface area contributed by atoms with Gasteiger partial charge in [-0.05, 0) is 31.2 Å². The van der Waals surface area contributed by atoms with E-state index in [0.717, 1.165) is 13.1 Å². The van der Waals surface area contributed by atoms with Gasteiger partial charge >= 0.3 is 0 Å². The molecule has 1 saturated heterocycles. The number of unbranched alkanes of at least 4 members (excludes halogenated alkanes) is 2. The van der Waals surface area contributed by atoms with E-state index in [0.29, 0.717) is 11.2 Å². The highest BCUT2D eigenvalue weighted by molar-refractivity contribution is 5.35. The first-order valence-electron chi connectivity index (χ1n) is 6.64. The molecule has 17 heavy (non-hydrogen) atoms. The summed E-state index contributed by atoms with van der Waals surface area (Å²) in [5, 5.41) is 9.62. The molecular formula is C15H23NO. The molecule has 1 aliphatic heterocycles. The second-order valence-electron chi connectivity index (χ2n) is 5.46. The first-order chi connectivity index (χ1) is 8.16. The zero-order valence-corrected chi connectivity index (χ0v) is 10.9. The van der Waals surface area contributed by atoms with Crippen molar-refractivity contribution in [2.45, 2.75) is 38.0 Å². The quantitative estimate of drug-likeness (QED) is 0.790. The average molecular weight is 233 g/mol. The summed E-state index contributed by atoms with van der Waals surface area (Å²) in [7, 11) is 2.17. The van der Waals surface area contributed by atoms with Gasteiger partial charge in [-0.25, -0.2) is 0 Å². The van der Waals surface area contributed by atoms with E-state index in [2.05, 4.69) is 24.9 Å². The van der Waals surface area contributed by atoms with Gasteiger partial charge in [-0.15, -0.1) is 0 Å². The lowest BCUT2D eigenvalue weighted by Crippen LogP contribution is -2.57. The molecule has 2 rings (SSSR count). The Labute approximate surface area is 104 Å². The van der Waals surface area contributed by atoms with Crippen molar-refractivity contribution in [3.05, 3.63) is 29.8 Å². The van der Waals surface area contributed by atoms with Crippen LogP contribution in [0, 0.1) is 0 Å². The van der Waals surface area contributed by atoms with E-state index < -0.39 is 0 Å². The lowest BCUT2D eigenvalue weighted by Gasteiger charge is -2.49. The van der Waals surface area contributed by atoms with E-state index in [1.165, 1.54) is 31.2 Å². The fourth-order valence-corrected chi connectivity index (χ4v) is 3.02. The van der Waals surface area contributed by atoms with Gasteiger partial charge < -0.3 is 10.0 Å². The molecule has 0 bridgehead atoms. The molecule has 0 amide bonds. The number of likely N-dealkylation sites (N-methyl/N-ethyl adjacent to an activating group) is 1. The molecule has 0 aromatic heterocycles. The summed E-state index contributed by atoms with van der Waals surface area (Å²) in [6.45, 7) is 4.49. The summed E-state index contributed by atoms with van der Waals surface area (Å²) < 4.78 is 0. The van der Waals surface area contributed by atoms with Crippen LogP contribution in [0.25, 0.3) is 0 Å². The van der Waals surface area contributed by atoms with E-state index in [4.69, 9.17) is 0 Å². The molecule has 0 radical (unpaired) electrons. The van der Waals surface area contributed by atoms with Crippen LogP contribution >= 0.6 is 0 Å². The minimum Gasteiger partial charge on any atom is -0.508 e. The molecule has 1 heterocycles. The maximum atomic E-state index is 9.62. The predicted octanol–water partition coefficient (Wildman–Crippen LogP) is 3.16. The SMILES string of the molecule is CCCCCC1(c2cccc(O)c2)CN(C)C1. The smallest absolute Gasteiger partial charge is 0.115 e. The molecule has 1 N–H and O–H groups in total. The summed E-state index contributed by atoms with van der Waals surface area (Å²) in [6.07, 6.45) is 5.12. The van der Waals surface area contributed by atoms with Crippen molar-refractivity contribution < 1.29 is 5.11 Å². The van der Waals surface area contributed by atoms with E-state index in [-0.39, 0.29) is 0 Å². The lowest BCUT2D eigenvalue weighted by atomic mass is 9.70. The summed E-state index contributed by atoms with van der Waals surface area (Å²) in [5.41, 5.74) is 1.61. The summed E-state index contributed by atoms with van der Waals surface area (Å²) in [6, 6.07) is 7.83. The molecule has 2 nitrogen and oxygen atoms in total. The molecule has 0 saturated carbocycles. The van der Waals surface area contributed by atoms with Gasteiger partial charge in [0.25, 0.3) is 0 Å². The van der Waals surface area contributed by atoms with Crippen LogP contribution in [0.15, 0.2) is 24.3 Å². The Morgan fingerprint density at radius 2 is 2.06 bits per heavy atom. The summed E-state index contributed by atoms with van der Waals surface area (Å²) in [5.74, 6) is 0.395. The van der Waals surface area contributed by atoms with Crippen molar-refractivity contribution in [1.82, 2.24) is 4.90 Å². The van der Waals surface area contributed by atoms with Gasteiger partial charge in [-0.1, -0.05) is 38.3 Å². The Balaban J connectivity index is 2.11. The van der Waals surface area contributed by atoms with Crippen LogP contribution in [0.4, 0.5) is 0 Å². The molecule has 1 aromatic carbocycles. The van der Waals surface area contributed by atoms with Gasteiger partial charge in [0.05, 0.1) is 0 Å². The van der Waals surface area contributed by atoms with Crippen molar-refractivity contribution in [3.63, 3.8) is 0 Å². The van der Waals surface area contributed by atoms with Crippen LogP contribution in [0.5, 0.6) is 5.75 Å². The largest absolute Gasteiger partial charge is 0.508 e. The highest BCUT2D eigenvalue weighted by Crippen LogP contribution is 2.39. The molecule has 2 heteroatoms. The van der Waals surface area contributed by atoms with Crippen LogP contribution in [0.2, 0.25) is 0 Å². The number of rotatable bonds is 5. The zero-order chi connectivity index (χ0) is 12.3. The highest BCUT2D eigenvalue weighted by Gasteiger charge is 2.41. The standard InChI is InChI=1S/C15H23NO/c1-3-4-5-9-15(11-16(2)12-15)13-7-6-8-14(17)10-13/h6-8,10,17H,3-5,9,11-12H2,1-2H3. The second kappa shape index (κ2) is 5.09. The fourth-order valence-electron chi connectivity index (χ4n) is 3.02. The van der Waals surface area contributed by atoms with E-state index in [9.17, 15) is 5.11 Å². The van der Waals surface area contributed by atoms with Gasteiger partial charge in [-0.3, -0.25) is 0 Å². The highest BCUT2D eigenvalue weighted by atomic mass is 16.3. The van der Waals surface area contributed by atoms with Gasteiger partial charge in [-0.2, -0.15) is 0 Å². The van der Waals surface area contributed by atoms with Crippen LogP contribution in [0.3, 0.4) is 0 Å². The number of phenols is 1. The monoisotopic (exact) mass is 233 g/mol. The van der Waals surface area contributed by atoms with Crippen molar-refractivity contribution in [1.29, 1.82) is 0 Å². The minimum absolute atomic E-state index is 0.294. The lowest BCUT2D eigenvalue weighted by molar-refractivity contribution is 0.0828. The molecule has 1 aliphatic rings. The Kier molecular flexibility index (Phi) is 3.72. The van der Waals surface area contributed by atoms with E-state index in [1.54, 1.807) is 6.07 Å². The van der Waals surface area contributed by atoms with Crippen LogP contribution < -0.4 is 0 Å². The maximum absolute atomic E-state index is 9.62. The number of hydrogen-bond donors (Lipinski definition) is 1. The van der Waals surface area contributed by atoms with Crippen molar-refractivity contribution in [2.24, 2.45) is 0 Å². The van der Waals surface area contributed by atoms with Crippen LogP contribution in [0.1, 0.15) is 38.2 Å². The first kappa shape index (κ1) is 12.4. The zero-order valence-electron chi connectivity index (χ0n) is 10.9. The second-order valence-corrected chi connectivity index (χ2v) is 5.46. The van der Waals surface area contributed by atoms with E-state index >= 15 is 0 Å². The van der Waals surface area contributed by atoms with Crippen molar-refractivity contribution in [3.8, 4) is 5.75 Å². The average Bonchev–Trinajstić information content (AvgIpc) is 2.26. The Hall–Kier alpha value is -1.02. The molecule has 94 valence electrons. The Morgan fingerprint density at radius 1 is 1.29 bits per heavy atom. The molecule has 0 spiro atoms. The topological polar surface area (TPSA) is 23.5 Å². The molecule has 0 unspecified atom stereocenters. The minimum atomic E-state index is 0.294. The van der Waals surface area contributed by atoms with Gasteiger partial charge in [0.15, 0.2) is 0 Å². The van der Waals surface area contributed by atoms with Crippen LogP contribution in [-0.4, -0.2) is 30.1 Å². The predicted molar refractivity (Wildman–Crippen MR) is 71.4 cm³/mol. The van der Waals surface area contributed by atoms with E-state index in [1.807, 2.05) is 12.1 Å². The number of likely N-dealkylation sites (tertiary alicyclic amines) is 1. The third-order valence-electron chi connectivity index (χ3n) is 3.86. The molecule has 1 aromatic rings. The van der Waals surface area contributed by atoms with Crippen molar-refractivity contribution >= 4 is 0 Å². The van der Waals surface area contributed by atoms with Crippen molar-refractivity contribution in [2.75, 3.05) is 20.1 Å². The van der Waals surface area contributed by atoms with Crippen LogP contribution in [-0.2, 0) is 5.41 Å². The number of nitrogens with zero attached hydrogens (tertiary/aromatic N) is 1.